The summed E-state index contributed by atoms with van der Waals surface area (Å²) in [7, 11) is 0. The average molecular weight is 746 g/mol. The quantitative estimate of drug-likeness (QED) is 0.132. The highest BCUT2D eigenvalue weighted by Crippen LogP contribution is 2.50. The van der Waals surface area contributed by atoms with Crippen molar-refractivity contribution in [1.29, 1.82) is 0 Å². The molecule has 6 nitrogen and oxygen atoms in total. The number of rotatable bonds is 4. The van der Waals surface area contributed by atoms with Gasteiger partial charge < -0.3 is 8.83 Å². The van der Waals surface area contributed by atoms with Gasteiger partial charge in [-0.15, -0.1) is 0 Å². The van der Waals surface area contributed by atoms with E-state index in [0.717, 1.165) is 0 Å². The first-order valence-electron chi connectivity index (χ1n) is 13.9. The first kappa shape index (κ1) is 34.4. The van der Waals surface area contributed by atoms with E-state index in [9.17, 15) is 43.9 Å². The van der Waals surface area contributed by atoms with Crippen molar-refractivity contribution in [2.45, 2.75) is 12.4 Å². The van der Waals surface area contributed by atoms with E-state index in [-0.39, 0.29) is 12.1 Å². The number of hydrogen-bond donors (Lipinski definition) is 0. The van der Waals surface area contributed by atoms with Crippen LogP contribution in [0.1, 0.15) is 11.1 Å². The lowest BCUT2D eigenvalue weighted by atomic mass is 9.87. The smallest absolute Gasteiger partial charge is 0.416 e. The number of hydrogen-bond acceptors (Lipinski definition) is 6. The van der Waals surface area contributed by atoms with Gasteiger partial charge in [-0.05, 0) is 46.5 Å². The molecule has 266 valence electrons. The Morgan fingerprint density at radius 2 is 0.750 bits per heavy atom. The van der Waals surface area contributed by atoms with Crippen LogP contribution in [0.4, 0.5) is 61.5 Å². The third-order valence-corrected chi connectivity index (χ3v) is 7.83. The van der Waals surface area contributed by atoms with Crippen molar-refractivity contribution in [2.75, 3.05) is 0 Å². The number of oxazole rings is 2. The van der Waals surface area contributed by atoms with Crippen LogP contribution in [0.2, 0.25) is 0 Å². The Bertz CT molecular complexity index is 2330. The van der Waals surface area contributed by atoms with Crippen LogP contribution in [-0.2, 0) is 12.4 Å². The summed E-state index contributed by atoms with van der Waals surface area (Å²) in [5.41, 5.74) is -13.3. The van der Waals surface area contributed by atoms with Gasteiger partial charge in [0.15, 0.2) is 47.2 Å². The normalized spacial score (nSPS) is 12.4. The Labute approximate surface area is 277 Å². The summed E-state index contributed by atoms with van der Waals surface area (Å²) < 4.78 is 211. The van der Waals surface area contributed by atoms with Gasteiger partial charge in [0, 0.05) is 0 Å². The zero-order chi connectivity index (χ0) is 37.6. The summed E-state index contributed by atoms with van der Waals surface area (Å²) in [6.07, 6.45) is -9.06. The Balaban J connectivity index is 1.61. The van der Waals surface area contributed by atoms with Gasteiger partial charge in [0.1, 0.15) is 11.0 Å². The summed E-state index contributed by atoms with van der Waals surface area (Å²) in [6.45, 7) is 0. The van der Waals surface area contributed by atoms with Crippen LogP contribution in [0.25, 0.3) is 66.7 Å². The monoisotopic (exact) mass is 746 g/mol. The van der Waals surface area contributed by atoms with Crippen molar-refractivity contribution in [1.82, 2.24) is 19.9 Å². The van der Waals surface area contributed by atoms with Crippen LogP contribution in [0.5, 0.6) is 0 Å². The lowest BCUT2D eigenvalue weighted by Crippen LogP contribution is -2.08. The predicted molar refractivity (Wildman–Crippen MR) is 149 cm³/mol. The summed E-state index contributed by atoms with van der Waals surface area (Å²) in [5, 5.41) is 0. The molecule has 7 rings (SSSR count). The van der Waals surface area contributed by atoms with Crippen molar-refractivity contribution < 1.29 is 70.3 Å². The van der Waals surface area contributed by atoms with Crippen LogP contribution in [0.3, 0.4) is 0 Å². The van der Waals surface area contributed by atoms with Crippen LogP contribution in [0, 0.1) is 47.1 Å². The molecule has 0 amide bonds. The van der Waals surface area contributed by atoms with E-state index in [0.29, 0.717) is 37.1 Å². The number of halogens is 14. The third kappa shape index (κ3) is 5.27. The van der Waals surface area contributed by atoms with Crippen molar-refractivity contribution in [2.24, 2.45) is 0 Å². The van der Waals surface area contributed by atoms with Gasteiger partial charge in [-0.2, -0.15) is 53.9 Å². The second-order valence-corrected chi connectivity index (χ2v) is 10.7. The van der Waals surface area contributed by atoms with Crippen molar-refractivity contribution in [3.05, 3.63) is 107 Å². The molecule has 0 aliphatic heterocycles. The minimum absolute atomic E-state index is 0.143. The highest BCUT2D eigenvalue weighted by molar-refractivity contribution is 6.18. The summed E-state index contributed by atoms with van der Waals surface area (Å²) in [6, 6.07) is 2.35. The van der Waals surface area contributed by atoms with Gasteiger partial charge in [0.2, 0.25) is 0 Å². The fourth-order valence-electron chi connectivity index (χ4n) is 5.66. The molecular weight excluding hydrogens is 738 g/mol. The first-order chi connectivity index (χ1) is 24.4. The molecule has 20 heteroatoms. The van der Waals surface area contributed by atoms with E-state index < -0.39 is 137 Å². The Kier molecular flexibility index (Phi) is 7.76. The van der Waals surface area contributed by atoms with Gasteiger partial charge in [0.25, 0.3) is 23.8 Å². The zero-order valence-corrected chi connectivity index (χ0v) is 24.5. The molecule has 7 aromatic rings. The standard InChI is InChI=1S/C32H8F14N4O2/c33-19-15(20(34)28(38)49-27(19)37)13-5-9(31(41,42)43)1-3-11(13)17-23-26(52-7-47-23)18(24-25(17)51-8-48-24)12-4-2-10(32(44,45)46)6-14(12)16-21(35)29(39)50-30(40)22(16)36/h1-8H. The van der Waals surface area contributed by atoms with E-state index in [4.69, 9.17) is 8.83 Å². The minimum atomic E-state index is -5.19. The molecule has 0 aliphatic rings. The summed E-state index contributed by atoms with van der Waals surface area (Å²) >= 11 is 0. The molecule has 0 aliphatic carbocycles. The molecule has 0 unspecified atom stereocenters. The molecule has 0 spiro atoms. The fraction of sp³-hybridized carbons (Fsp3) is 0.0625. The summed E-state index contributed by atoms with van der Waals surface area (Å²) in [4.78, 5) is 12.7. The van der Waals surface area contributed by atoms with E-state index in [1.54, 1.807) is 0 Å². The van der Waals surface area contributed by atoms with Gasteiger partial charge in [-0.3, -0.25) is 0 Å². The lowest BCUT2D eigenvalue weighted by Gasteiger charge is -2.18. The third-order valence-electron chi connectivity index (χ3n) is 7.83. The first-order valence-corrected chi connectivity index (χ1v) is 13.9. The zero-order valence-electron chi connectivity index (χ0n) is 24.5. The van der Waals surface area contributed by atoms with E-state index in [1.165, 1.54) is 0 Å². The predicted octanol–water partition coefficient (Wildman–Crippen LogP) is 10.6. The lowest BCUT2D eigenvalue weighted by molar-refractivity contribution is -0.138. The molecule has 0 bridgehead atoms. The SMILES string of the molecule is Fc1nc(F)c(F)c(-c2cc(C(F)(F)F)ccc2-c2c3ncoc3c(-c3ccc(C(F)(F)F)cc3-c3c(F)c(F)nc(F)c3F)c3ncoc23)c1F. The maximum atomic E-state index is 15.1. The Hall–Kier alpha value is -6.08. The number of benzene rings is 3. The molecule has 0 N–H and O–H groups in total. The summed E-state index contributed by atoms with van der Waals surface area (Å²) in [5.74, 6) is -17.8. The molecule has 0 saturated heterocycles. The number of aromatic nitrogens is 4. The number of fused-ring (bicyclic) bond motifs is 2. The molecule has 0 saturated carbocycles. The highest BCUT2D eigenvalue weighted by atomic mass is 19.4. The molecule has 0 atom stereocenters. The van der Waals surface area contributed by atoms with Crippen molar-refractivity contribution in [3.8, 4) is 44.5 Å². The van der Waals surface area contributed by atoms with Gasteiger partial charge in [0.05, 0.1) is 33.4 Å². The van der Waals surface area contributed by atoms with Gasteiger partial charge >= 0.3 is 12.4 Å². The van der Waals surface area contributed by atoms with E-state index in [2.05, 4.69) is 19.9 Å². The second-order valence-electron chi connectivity index (χ2n) is 10.7. The van der Waals surface area contributed by atoms with Crippen molar-refractivity contribution >= 4 is 22.2 Å². The van der Waals surface area contributed by atoms with Gasteiger partial charge in [-0.1, -0.05) is 12.1 Å². The molecular formula is C32H8F14N4O2. The Morgan fingerprint density at radius 3 is 1.06 bits per heavy atom. The molecule has 4 aromatic heterocycles. The molecule has 4 heterocycles. The van der Waals surface area contributed by atoms with Crippen LogP contribution in [0.15, 0.2) is 58.0 Å². The highest BCUT2D eigenvalue weighted by Gasteiger charge is 2.37. The Morgan fingerprint density at radius 1 is 0.423 bits per heavy atom. The number of alkyl halides is 6. The maximum absolute atomic E-state index is 15.1. The average Bonchev–Trinajstić information content (AvgIpc) is 3.76. The van der Waals surface area contributed by atoms with Crippen molar-refractivity contribution in [3.63, 3.8) is 0 Å². The van der Waals surface area contributed by atoms with Gasteiger partial charge in [-0.25, -0.2) is 27.5 Å². The fourth-order valence-corrected chi connectivity index (χ4v) is 5.66. The van der Waals surface area contributed by atoms with Crippen LogP contribution >= 0.6 is 0 Å². The van der Waals surface area contributed by atoms with E-state index >= 15 is 17.6 Å². The van der Waals surface area contributed by atoms with E-state index in [1.807, 2.05) is 0 Å². The number of nitrogens with zero attached hydrogens (tertiary/aromatic N) is 4. The molecule has 52 heavy (non-hydrogen) atoms. The molecule has 0 fully saturated rings. The molecule has 3 aromatic carbocycles. The largest absolute Gasteiger partial charge is 0.443 e. The van der Waals surface area contributed by atoms with Crippen LogP contribution < -0.4 is 0 Å². The van der Waals surface area contributed by atoms with Crippen LogP contribution in [-0.4, -0.2) is 19.9 Å². The topological polar surface area (TPSA) is 77.8 Å². The minimum Gasteiger partial charge on any atom is -0.443 e. The maximum Gasteiger partial charge on any atom is 0.416 e. The molecule has 0 radical (unpaired) electrons. The second kappa shape index (κ2) is 11.7. The number of pyridine rings is 2.